The molecule has 222 valence electrons. The van der Waals surface area contributed by atoms with E-state index in [4.69, 9.17) is 14.7 Å². The lowest BCUT2D eigenvalue weighted by molar-refractivity contribution is 0.338. The largest absolute Gasteiger partial charge is 0.489 e. The number of benzene rings is 2. The van der Waals surface area contributed by atoms with Crippen molar-refractivity contribution in [1.29, 1.82) is 0 Å². The highest BCUT2D eigenvalue weighted by Crippen LogP contribution is 2.33. The molecule has 0 radical (unpaired) electrons. The Balaban J connectivity index is 1.67. The van der Waals surface area contributed by atoms with Crippen LogP contribution in [0.3, 0.4) is 0 Å². The van der Waals surface area contributed by atoms with Crippen molar-refractivity contribution in [1.82, 2.24) is 9.97 Å². The molecule has 1 atom stereocenters. The van der Waals surface area contributed by atoms with E-state index < -0.39 is 9.84 Å². The van der Waals surface area contributed by atoms with Crippen molar-refractivity contribution in [3.05, 3.63) is 76.6 Å². The Labute approximate surface area is 246 Å². The zero-order valence-corrected chi connectivity index (χ0v) is 26.4. The van der Waals surface area contributed by atoms with Gasteiger partial charge in [0.2, 0.25) is 5.95 Å². The van der Waals surface area contributed by atoms with Crippen LogP contribution in [0, 0.1) is 26.7 Å². The average molecular weight is 579 g/mol. The highest BCUT2D eigenvalue weighted by Gasteiger charge is 2.24. The van der Waals surface area contributed by atoms with Gasteiger partial charge in [0.1, 0.15) is 6.61 Å². The normalized spacial score (nSPS) is 14.7. The van der Waals surface area contributed by atoms with Crippen LogP contribution in [0.4, 0.5) is 11.6 Å². The van der Waals surface area contributed by atoms with E-state index in [-0.39, 0.29) is 18.4 Å². The molecule has 0 bridgehead atoms. The first-order valence-corrected chi connectivity index (χ1v) is 16.9. The number of aromatic nitrogens is 2. The van der Waals surface area contributed by atoms with Gasteiger partial charge in [0, 0.05) is 31.6 Å². The maximum Gasteiger partial charge on any atom is 0.226 e. The molecule has 0 N–H and O–H groups in total. The Hall–Kier alpha value is -3.13. The predicted octanol–water partition coefficient (Wildman–Crippen LogP) is 6.61. The standard InChI is InChI=1S/C33H46N4O3S/c1-7-36(22-28-10-8-9-11-28)32-19-24(2)12-13-29(32)23-37(27(5)30-17-25(3)16-26(4)18-30)33-34-20-31(21-35-33)40-14-15-41(6,38)39/h12-13,16-21,27-28H,7-11,14-15,22-23H2,1-6H3. The summed E-state index contributed by atoms with van der Waals surface area (Å²) < 4.78 is 28.6. The van der Waals surface area contributed by atoms with E-state index in [0.29, 0.717) is 18.2 Å². The second-order valence-corrected chi connectivity index (χ2v) is 14.0. The lowest BCUT2D eigenvalue weighted by atomic mass is 10.00. The van der Waals surface area contributed by atoms with Gasteiger partial charge in [0.05, 0.1) is 24.2 Å². The molecule has 2 aromatic carbocycles. The molecule has 1 unspecified atom stereocenters. The van der Waals surface area contributed by atoms with Crippen molar-refractivity contribution < 1.29 is 13.2 Å². The van der Waals surface area contributed by atoms with Crippen molar-refractivity contribution in [2.45, 2.75) is 72.9 Å². The number of aryl methyl sites for hydroxylation is 3. The summed E-state index contributed by atoms with van der Waals surface area (Å²) in [6.45, 7) is 13.7. The van der Waals surface area contributed by atoms with E-state index in [1.54, 1.807) is 12.4 Å². The number of hydrogen-bond acceptors (Lipinski definition) is 7. The van der Waals surface area contributed by atoms with Crippen LogP contribution in [0.25, 0.3) is 0 Å². The van der Waals surface area contributed by atoms with E-state index in [0.717, 1.165) is 19.0 Å². The van der Waals surface area contributed by atoms with Crippen molar-refractivity contribution in [3.8, 4) is 5.75 Å². The molecular weight excluding hydrogens is 532 g/mol. The van der Waals surface area contributed by atoms with E-state index in [9.17, 15) is 8.42 Å². The van der Waals surface area contributed by atoms with E-state index in [1.807, 2.05) is 0 Å². The van der Waals surface area contributed by atoms with Gasteiger partial charge >= 0.3 is 0 Å². The number of nitrogens with zero attached hydrogens (tertiary/aromatic N) is 4. The molecule has 8 heteroatoms. The minimum atomic E-state index is -3.10. The SMILES string of the molecule is CCN(CC1CCCC1)c1cc(C)ccc1CN(c1ncc(OCCS(C)(=O)=O)cn1)C(C)c1cc(C)cc(C)c1. The quantitative estimate of drug-likeness (QED) is 0.226. The molecule has 4 rings (SSSR count). The van der Waals surface area contributed by atoms with Crippen LogP contribution in [0.15, 0.2) is 48.8 Å². The number of rotatable bonds is 13. The van der Waals surface area contributed by atoms with Gasteiger partial charge in [0.25, 0.3) is 0 Å². The summed E-state index contributed by atoms with van der Waals surface area (Å²) in [6.07, 6.45) is 9.81. The summed E-state index contributed by atoms with van der Waals surface area (Å²) in [4.78, 5) is 14.2. The van der Waals surface area contributed by atoms with Crippen molar-refractivity contribution in [2.24, 2.45) is 5.92 Å². The Morgan fingerprint density at radius 3 is 2.24 bits per heavy atom. The molecule has 3 aromatic rings. The van der Waals surface area contributed by atoms with Crippen LogP contribution < -0.4 is 14.5 Å². The fourth-order valence-corrected chi connectivity index (χ4v) is 6.23. The molecule has 1 saturated carbocycles. The third-order valence-electron chi connectivity index (χ3n) is 8.05. The summed E-state index contributed by atoms with van der Waals surface area (Å²) >= 11 is 0. The molecule has 0 aliphatic heterocycles. The number of ether oxygens (including phenoxy) is 1. The van der Waals surface area contributed by atoms with Gasteiger partial charge < -0.3 is 14.5 Å². The first-order chi connectivity index (χ1) is 19.5. The summed E-state index contributed by atoms with van der Waals surface area (Å²) in [5.41, 5.74) is 7.47. The molecule has 1 aliphatic carbocycles. The van der Waals surface area contributed by atoms with Crippen LogP contribution in [-0.4, -0.2) is 50.1 Å². The Kier molecular flexibility index (Phi) is 10.3. The fourth-order valence-electron chi connectivity index (χ4n) is 5.84. The average Bonchev–Trinajstić information content (AvgIpc) is 3.43. The minimum absolute atomic E-state index is 0.0182. The van der Waals surface area contributed by atoms with Gasteiger partial charge in [-0.25, -0.2) is 18.4 Å². The monoisotopic (exact) mass is 578 g/mol. The number of hydrogen-bond donors (Lipinski definition) is 0. The molecule has 1 heterocycles. The summed E-state index contributed by atoms with van der Waals surface area (Å²) in [7, 11) is -3.10. The lowest BCUT2D eigenvalue weighted by Crippen LogP contribution is -2.32. The van der Waals surface area contributed by atoms with Gasteiger partial charge in [0.15, 0.2) is 15.6 Å². The first kappa shape index (κ1) is 30.8. The molecule has 41 heavy (non-hydrogen) atoms. The number of sulfone groups is 1. The van der Waals surface area contributed by atoms with Crippen molar-refractivity contribution in [2.75, 3.05) is 41.5 Å². The van der Waals surface area contributed by atoms with E-state index in [1.165, 1.54) is 65.4 Å². The highest BCUT2D eigenvalue weighted by molar-refractivity contribution is 7.90. The van der Waals surface area contributed by atoms with Crippen LogP contribution in [-0.2, 0) is 16.4 Å². The predicted molar refractivity (Wildman–Crippen MR) is 169 cm³/mol. The lowest BCUT2D eigenvalue weighted by Gasteiger charge is -2.34. The van der Waals surface area contributed by atoms with Crippen molar-refractivity contribution in [3.63, 3.8) is 0 Å². The maximum atomic E-state index is 11.5. The van der Waals surface area contributed by atoms with Gasteiger partial charge in [-0.1, -0.05) is 54.3 Å². The Morgan fingerprint density at radius 1 is 0.976 bits per heavy atom. The second-order valence-electron chi connectivity index (χ2n) is 11.7. The Bertz CT molecular complexity index is 1380. The van der Waals surface area contributed by atoms with E-state index >= 15 is 0 Å². The minimum Gasteiger partial charge on any atom is -0.489 e. The number of anilines is 2. The molecular formula is C33H46N4O3S. The van der Waals surface area contributed by atoms with Gasteiger partial charge in [-0.3, -0.25) is 0 Å². The summed E-state index contributed by atoms with van der Waals surface area (Å²) in [5.74, 6) is 1.78. The van der Waals surface area contributed by atoms with Gasteiger partial charge in [-0.15, -0.1) is 0 Å². The highest BCUT2D eigenvalue weighted by atomic mass is 32.2. The molecule has 0 amide bonds. The maximum absolute atomic E-state index is 11.5. The summed E-state index contributed by atoms with van der Waals surface area (Å²) in [6, 6.07) is 13.5. The van der Waals surface area contributed by atoms with Crippen LogP contribution in [0.2, 0.25) is 0 Å². The Morgan fingerprint density at radius 2 is 1.63 bits per heavy atom. The molecule has 1 aliphatic rings. The second kappa shape index (κ2) is 13.7. The zero-order chi connectivity index (χ0) is 29.6. The smallest absolute Gasteiger partial charge is 0.226 e. The van der Waals surface area contributed by atoms with E-state index in [2.05, 4.69) is 80.8 Å². The third kappa shape index (κ3) is 8.68. The fraction of sp³-hybridized carbons (Fsp3) is 0.515. The summed E-state index contributed by atoms with van der Waals surface area (Å²) in [5, 5.41) is 0. The van der Waals surface area contributed by atoms with Crippen LogP contribution in [0.5, 0.6) is 5.75 Å². The molecule has 1 aromatic heterocycles. The third-order valence-corrected chi connectivity index (χ3v) is 8.95. The van der Waals surface area contributed by atoms with Crippen LogP contribution in [0.1, 0.15) is 73.4 Å². The van der Waals surface area contributed by atoms with Gasteiger partial charge in [-0.05, 0) is 76.1 Å². The molecule has 7 nitrogen and oxygen atoms in total. The molecule has 1 fully saturated rings. The van der Waals surface area contributed by atoms with Crippen molar-refractivity contribution >= 4 is 21.5 Å². The van der Waals surface area contributed by atoms with Crippen LogP contribution >= 0.6 is 0 Å². The first-order valence-electron chi connectivity index (χ1n) is 14.8. The molecule has 0 spiro atoms. The topological polar surface area (TPSA) is 75.6 Å². The zero-order valence-electron chi connectivity index (χ0n) is 25.6. The molecule has 0 saturated heterocycles. The van der Waals surface area contributed by atoms with Gasteiger partial charge in [-0.2, -0.15) is 0 Å².